The number of hydrogen-bond acceptors (Lipinski definition) is 5. The van der Waals surface area contributed by atoms with Gasteiger partial charge in [-0.15, -0.1) is 10.2 Å². The van der Waals surface area contributed by atoms with Crippen molar-refractivity contribution in [1.29, 1.82) is 0 Å². The van der Waals surface area contributed by atoms with Gasteiger partial charge in [0.2, 0.25) is 0 Å². The summed E-state index contributed by atoms with van der Waals surface area (Å²) < 4.78 is 12.7. The molecule has 0 bridgehead atoms. The quantitative estimate of drug-likeness (QED) is 0.363. The second-order valence-corrected chi connectivity index (χ2v) is 5.75. The predicted octanol–water partition coefficient (Wildman–Crippen LogP) is 2.16. The largest absolute Gasteiger partial charge is 0.493 e. The Bertz CT molecular complexity index is 645. The number of guanidine groups is 1. The lowest BCUT2D eigenvalue weighted by Crippen LogP contribution is -2.31. The van der Waals surface area contributed by atoms with E-state index in [0.717, 1.165) is 49.7 Å². The molecule has 0 radical (unpaired) electrons. The van der Waals surface area contributed by atoms with Crippen molar-refractivity contribution in [1.82, 2.24) is 20.1 Å². The summed E-state index contributed by atoms with van der Waals surface area (Å²) in [5.74, 6) is 1.57. The van der Waals surface area contributed by atoms with Crippen molar-refractivity contribution in [3.05, 3.63) is 36.9 Å². The molecule has 8 nitrogen and oxygen atoms in total. The first-order valence-corrected chi connectivity index (χ1v) is 8.83. The monoisotopic (exact) mass is 360 g/mol. The molecule has 142 valence electrons. The number of hydrogen-bond donors (Lipinski definition) is 2. The van der Waals surface area contributed by atoms with E-state index >= 15 is 0 Å². The predicted molar refractivity (Wildman–Crippen MR) is 103 cm³/mol. The van der Waals surface area contributed by atoms with Crippen molar-refractivity contribution in [3.63, 3.8) is 0 Å². The number of ether oxygens (including phenoxy) is 2. The standard InChI is InChI=1S/C18H28N6O2/c1-19-18(20-9-3-4-10-24-14-21-22-15-24)23-16-7-5-8-17(13-16)26-12-6-11-25-2/h5,7-8,13-15H,3-4,6,9-12H2,1-2H3,(H2,19,20,23). The molecule has 1 aromatic carbocycles. The van der Waals surface area contributed by atoms with Crippen LogP contribution < -0.4 is 15.4 Å². The molecule has 0 atom stereocenters. The van der Waals surface area contributed by atoms with Gasteiger partial charge in [-0.25, -0.2) is 0 Å². The van der Waals surface area contributed by atoms with Crippen molar-refractivity contribution in [2.24, 2.45) is 4.99 Å². The van der Waals surface area contributed by atoms with Gasteiger partial charge < -0.3 is 24.7 Å². The Kier molecular flexibility index (Phi) is 8.99. The Morgan fingerprint density at radius 1 is 1.15 bits per heavy atom. The molecule has 0 aliphatic rings. The molecule has 2 aromatic rings. The van der Waals surface area contributed by atoms with Crippen LogP contribution in [0.3, 0.4) is 0 Å². The lowest BCUT2D eigenvalue weighted by Gasteiger charge is -2.13. The first kappa shape index (κ1) is 19.7. The number of nitrogens with zero attached hydrogens (tertiary/aromatic N) is 4. The number of anilines is 1. The third-order valence-corrected chi connectivity index (χ3v) is 3.68. The number of nitrogens with one attached hydrogen (secondary N) is 2. The smallest absolute Gasteiger partial charge is 0.195 e. The Labute approximate surface area is 154 Å². The molecule has 0 aliphatic carbocycles. The first-order valence-electron chi connectivity index (χ1n) is 8.83. The third-order valence-electron chi connectivity index (χ3n) is 3.68. The van der Waals surface area contributed by atoms with Crippen LogP contribution in [0.25, 0.3) is 0 Å². The number of methoxy groups -OCH3 is 1. The lowest BCUT2D eigenvalue weighted by atomic mass is 10.3. The summed E-state index contributed by atoms with van der Waals surface area (Å²) in [6.07, 6.45) is 6.41. The van der Waals surface area contributed by atoms with Gasteiger partial charge in [-0.2, -0.15) is 0 Å². The van der Waals surface area contributed by atoms with E-state index in [0.29, 0.717) is 13.2 Å². The minimum atomic E-state index is 0.636. The van der Waals surface area contributed by atoms with E-state index in [-0.39, 0.29) is 0 Å². The number of aromatic nitrogens is 3. The van der Waals surface area contributed by atoms with Gasteiger partial charge in [0.1, 0.15) is 18.4 Å². The second-order valence-electron chi connectivity index (χ2n) is 5.75. The van der Waals surface area contributed by atoms with E-state index in [1.807, 2.05) is 28.8 Å². The van der Waals surface area contributed by atoms with Crippen LogP contribution in [0.5, 0.6) is 5.75 Å². The maximum absolute atomic E-state index is 5.72. The number of aliphatic imine (C=N–C) groups is 1. The number of aryl methyl sites for hydroxylation is 1. The Hall–Kier alpha value is -2.61. The molecular weight excluding hydrogens is 332 g/mol. The van der Waals surface area contributed by atoms with E-state index in [2.05, 4.69) is 25.8 Å². The summed E-state index contributed by atoms with van der Waals surface area (Å²) in [6, 6.07) is 7.85. The van der Waals surface area contributed by atoms with E-state index in [9.17, 15) is 0 Å². The first-order chi connectivity index (χ1) is 12.8. The van der Waals surface area contributed by atoms with Crippen LogP contribution in [0.1, 0.15) is 19.3 Å². The maximum atomic E-state index is 5.72. The van der Waals surface area contributed by atoms with E-state index in [4.69, 9.17) is 9.47 Å². The fraction of sp³-hybridized carbons (Fsp3) is 0.500. The highest BCUT2D eigenvalue weighted by Crippen LogP contribution is 2.17. The molecule has 2 N–H and O–H groups in total. The summed E-state index contributed by atoms with van der Waals surface area (Å²) in [7, 11) is 3.45. The SMILES string of the molecule is CN=C(NCCCCn1cnnc1)Nc1cccc(OCCCOC)c1. The van der Waals surface area contributed by atoms with Gasteiger partial charge in [-0.3, -0.25) is 4.99 Å². The van der Waals surface area contributed by atoms with Gasteiger partial charge in [0.05, 0.1) is 6.61 Å². The van der Waals surface area contributed by atoms with Crippen molar-refractivity contribution >= 4 is 11.6 Å². The highest BCUT2D eigenvalue weighted by molar-refractivity contribution is 5.93. The molecule has 0 fully saturated rings. The zero-order valence-corrected chi connectivity index (χ0v) is 15.5. The summed E-state index contributed by atoms with van der Waals surface area (Å²) in [4.78, 5) is 4.26. The Morgan fingerprint density at radius 3 is 2.77 bits per heavy atom. The van der Waals surface area contributed by atoms with Gasteiger partial charge in [-0.1, -0.05) is 6.07 Å². The zero-order valence-electron chi connectivity index (χ0n) is 15.5. The molecule has 0 amide bonds. The minimum Gasteiger partial charge on any atom is -0.493 e. The molecule has 1 heterocycles. The highest BCUT2D eigenvalue weighted by Gasteiger charge is 2.01. The van der Waals surface area contributed by atoms with Crippen molar-refractivity contribution in [3.8, 4) is 5.75 Å². The van der Waals surface area contributed by atoms with Crippen LogP contribution in [0.15, 0.2) is 41.9 Å². The van der Waals surface area contributed by atoms with Crippen LogP contribution in [-0.2, 0) is 11.3 Å². The van der Waals surface area contributed by atoms with E-state index in [1.54, 1.807) is 26.8 Å². The van der Waals surface area contributed by atoms with Gasteiger partial charge in [0.15, 0.2) is 5.96 Å². The van der Waals surface area contributed by atoms with Crippen molar-refractivity contribution in [2.75, 3.05) is 39.2 Å². The summed E-state index contributed by atoms with van der Waals surface area (Å²) in [5.41, 5.74) is 0.937. The van der Waals surface area contributed by atoms with Gasteiger partial charge in [0.25, 0.3) is 0 Å². The molecule has 0 spiro atoms. The Morgan fingerprint density at radius 2 is 2.00 bits per heavy atom. The molecular formula is C18H28N6O2. The molecule has 0 aliphatic heterocycles. The molecule has 0 saturated carbocycles. The van der Waals surface area contributed by atoms with Crippen LogP contribution >= 0.6 is 0 Å². The normalized spacial score (nSPS) is 11.4. The van der Waals surface area contributed by atoms with Crippen molar-refractivity contribution in [2.45, 2.75) is 25.8 Å². The topological polar surface area (TPSA) is 85.6 Å². The molecule has 1 aromatic heterocycles. The number of benzene rings is 1. The van der Waals surface area contributed by atoms with Gasteiger partial charge in [0, 0.05) is 52.0 Å². The average Bonchev–Trinajstić information content (AvgIpc) is 3.18. The fourth-order valence-corrected chi connectivity index (χ4v) is 2.34. The van der Waals surface area contributed by atoms with Crippen LogP contribution in [0.2, 0.25) is 0 Å². The van der Waals surface area contributed by atoms with Gasteiger partial charge in [-0.05, 0) is 25.0 Å². The Balaban J connectivity index is 1.69. The lowest BCUT2D eigenvalue weighted by molar-refractivity contribution is 0.172. The van der Waals surface area contributed by atoms with Crippen molar-refractivity contribution < 1.29 is 9.47 Å². The highest BCUT2D eigenvalue weighted by atomic mass is 16.5. The van der Waals surface area contributed by atoms with Crippen LogP contribution in [0, 0.1) is 0 Å². The molecule has 0 unspecified atom stereocenters. The average molecular weight is 360 g/mol. The van der Waals surface area contributed by atoms with E-state index < -0.39 is 0 Å². The minimum absolute atomic E-state index is 0.636. The molecule has 2 rings (SSSR count). The van der Waals surface area contributed by atoms with Crippen LogP contribution in [0.4, 0.5) is 5.69 Å². The van der Waals surface area contributed by atoms with E-state index in [1.165, 1.54) is 0 Å². The third kappa shape index (κ3) is 7.52. The number of unbranched alkanes of at least 4 members (excludes halogenated alkanes) is 1. The molecule has 26 heavy (non-hydrogen) atoms. The second kappa shape index (κ2) is 11.9. The summed E-state index contributed by atoms with van der Waals surface area (Å²) >= 11 is 0. The summed E-state index contributed by atoms with van der Waals surface area (Å²) in [6.45, 7) is 3.10. The summed E-state index contributed by atoms with van der Waals surface area (Å²) in [5, 5.41) is 14.2. The zero-order chi connectivity index (χ0) is 18.5. The number of rotatable bonds is 11. The molecule has 8 heteroatoms. The van der Waals surface area contributed by atoms with Crippen LogP contribution in [-0.4, -0.2) is 54.6 Å². The molecule has 0 saturated heterocycles. The maximum Gasteiger partial charge on any atom is 0.195 e. The van der Waals surface area contributed by atoms with Gasteiger partial charge >= 0.3 is 0 Å². The fourth-order valence-electron chi connectivity index (χ4n) is 2.34.